The molecule has 6 heteroatoms. The highest BCUT2D eigenvalue weighted by molar-refractivity contribution is 9.10. The molecule has 0 aliphatic carbocycles. The van der Waals surface area contributed by atoms with Gasteiger partial charge in [0.05, 0.1) is 6.42 Å². The van der Waals surface area contributed by atoms with Gasteiger partial charge in [0.1, 0.15) is 0 Å². The van der Waals surface area contributed by atoms with Crippen LogP contribution in [0.3, 0.4) is 0 Å². The molecule has 2 aromatic rings. The molecule has 0 saturated heterocycles. The maximum Gasteiger partial charge on any atom is 0.271 e. The van der Waals surface area contributed by atoms with Crippen molar-refractivity contribution in [2.45, 2.75) is 26.7 Å². The van der Waals surface area contributed by atoms with E-state index in [9.17, 15) is 9.59 Å². The summed E-state index contributed by atoms with van der Waals surface area (Å²) in [6.45, 7) is 3.74. The molecular weight excluding hydrogens is 382 g/mol. The van der Waals surface area contributed by atoms with Crippen molar-refractivity contribution in [2.24, 2.45) is 5.10 Å². The molecule has 2 N–H and O–H groups in total. The number of halogens is 1. The van der Waals surface area contributed by atoms with Crippen molar-refractivity contribution in [1.29, 1.82) is 0 Å². The molecule has 5 nitrogen and oxygen atoms in total. The Morgan fingerprint density at radius 1 is 1.12 bits per heavy atom. The molecule has 0 aromatic heterocycles. The second kappa shape index (κ2) is 9.13. The quantitative estimate of drug-likeness (QED) is 0.563. The van der Waals surface area contributed by atoms with Crippen LogP contribution in [0, 0.1) is 0 Å². The summed E-state index contributed by atoms with van der Waals surface area (Å²) in [5.41, 5.74) is 5.37. The van der Waals surface area contributed by atoms with Crippen LogP contribution in [-0.2, 0) is 11.2 Å². The molecule has 0 heterocycles. The van der Waals surface area contributed by atoms with Gasteiger partial charge in [0.25, 0.3) is 5.91 Å². The zero-order valence-corrected chi connectivity index (χ0v) is 15.8. The normalized spacial score (nSPS) is 11.1. The summed E-state index contributed by atoms with van der Waals surface area (Å²) < 4.78 is 0.815. The number of hydrogen-bond donors (Lipinski definition) is 2. The zero-order chi connectivity index (χ0) is 18.2. The third kappa shape index (κ3) is 5.83. The average molecular weight is 402 g/mol. The van der Waals surface area contributed by atoms with Crippen LogP contribution in [-0.4, -0.2) is 17.5 Å². The van der Waals surface area contributed by atoms with Crippen LogP contribution >= 0.6 is 15.9 Å². The molecule has 25 heavy (non-hydrogen) atoms. The van der Waals surface area contributed by atoms with Crippen molar-refractivity contribution in [3.8, 4) is 0 Å². The van der Waals surface area contributed by atoms with Gasteiger partial charge in [-0.2, -0.15) is 5.10 Å². The van der Waals surface area contributed by atoms with Crippen LogP contribution in [0.4, 0.5) is 5.69 Å². The first-order valence-corrected chi connectivity index (χ1v) is 8.75. The van der Waals surface area contributed by atoms with E-state index in [1.165, 1.54) is 0 Å². The molecule has 130 valence electrons. The van der Waals surface area contributed by atoms with Gasteiger partial charge in [0, 0.05) is 21.4 Å². The summed E-state index contributed by atoms with van der Waals surface area (Å²) in [4.78, 5) is 24.2. The molecule has 0 atom stereocenters. The Bertz CT molecular complexity index is 803. The van der Waals surface area contributed by atoms with Crippen molar-refractivity contribution >= 4 is 39.1 Å². The lowest BCUT2D eigenvalue weighted by molar-refractivity contribution is -0.115. The highest BCUT2D eigenvalue weighted by Gasteiger charge is 2.08. The molecule has 0 radical (unpaired) electrons. The Hall–Kier alpha value is -2.47. The van der Waals surface area contributed by atoms with E-state index in [4.69, 9.17) is 0 Å². The van der Waals surface area contributed by atoms with E-state index in [2.05, 4.69) is 31.8 Å². The molecule has 0 spiro atoms. The molecule has 2 aromatic carbocycles. The zero-order valence-electron chi connectivity index (χ0n) is 14.2. The van der Waals surface area contributed by atoms with E-state index >= 15 is 0 Å². The second-order valence-electron chi connectivity index (χ2n) is 5.53. The van der Waals surface area contributed by atoms with Crippen LogP contribution in [0.2, 0.25) is 0 Å². The minimum atomic E-state index is -0.322. The minimum Gasteiger partial charge on any atom is -0.326 e. The van der Waals surface area contributed by atoms with Crippen molar-refractivity contribution in [2.75, 3.05) is 5.32 Å². The summed E-state index contributed by atoms with van der Waals surface area (Å²) in [5, 5.41) is 6.88. The Morgan fingerprint density at radius 3 is 2.60 bits per heavy atom. The maximum atomic E-state index is 12.1. The van der Waals surface area contributed by atoms with Crippen LogP contribution in [0.25, 0.3) is 0 Å². The van der Waals surface area contributed by atoms with Crippen molar-refractivity contribution in [3.05, 3.63) is 64.1 Å². The first-order valence-electron chi connectivity index (χ1n) is 7.96. The van der Waals surface area contributed by atoms with Gasteiger partial charge in [-0.15, -0.1) is 0 Å². The lowest BCUT2D eigenvalue weighted by Crippen LogP contribution is -2.21. The second-order valence-corrected chi connectivity index (χ2v) is 6.45. The summed E-state index contributed by atoms with van der Waals surface area (Å²) >= 11 is 3.32. The minimum absolute atomic E-state index is 0.108. The van der Waals surface area contributed by atoms with Crippen LogP contribution in [0.5, 0.6) is 0 Å². The van der Waals surface area contributed by atoms with E-state index in [1.807, 2.05) is 37.3 Å². The van der Waals surface area contributed by atoms with Crippen molar-refractivity contribution < 1.29 is 9.59 Å². The number of rotatable bonds is 6. The molecule has 2 amide bonds. The monoisotopic (exact) mass is 401 g/mol. The van der Waals surface area contributed by atoms with E-state index in [0.717, 1.165) is 22.1 Å². The van der Waals surface area contributed by atoms with Gasteiger partial charge in [-0.1, -0.05) is 47.1 Å². The highest BCUT2D eigenvalue weighted by atomic mass is 79.9. The summed E-state index contributed by atoms with van der Waals surface area (Å²) in [5.74, 6) is -0.490. The molecular formula is C19H20BrN3O2. The number of hydrazone groups is 1. The van der Waals surface area contributed by atoms with Gasteiger partial charge in [-0.05, 0) is 43.2 Å². The Balaban J connectivity index is 1.92. The molecule has 2 rings (SSSR count). The largest absolute Gasteiger partial charge is 0.326 e. The first-order chi connectivity index (χ1) is 12.0. The number of para-hydroxylation sites is 1. The van der Waals surface area contributed by atoms with Crippen LogP contribution in [0.1, 0.15) is 36.2 Å². The lowest BCUT2D eigenvalue weighted by Gasteiger charge is -2.09. The van der Waals surface area contributed by atoms with E-state index in [-0.39, 0.29) is 18.2 Å². The van der Waals surface area contributed by atoms with Gasteiger partial charge >= 0.3 is 0 Å². The summed E-state index contributed by atoms with van der Waals surface area (Å²) in [6.07, 6.45) is 0.947. The van der Waals surface area contributed by atoms with Gasteiger partial charge < -0.3 is 5.32 Å². The third-order valence-electron chi connectivity index (χ3n) is 3.52. The Morgan fingerprint density at radius 2 is 1.88 bits per heavy atom. The van der Waals surface area contributed by atoms with Crippen LogP contribution < -0.4 is 10.7 Å². The first kappa shape index (κ1) is 18.9. The molecule has 0 aliphatic rings. The van der Waals surface area contributed by atoms with Crippen molar-refractivity contribution in [1.82, 2.24) is 5.43 Å². The van der Waals surface area contributed by atoms with Gasteiger partial charge in [0.2, 0.25) is 5.91 Å². The van der Waals surface area contributed by atoms with Gasteiger partial charge in [-0.25, -0.2) is 5.43 Å². The predicted octanol–water partition coefficient (Wildman–Crippen LogP) is 4.15. The Kier molecular flexibility index (Phi) is 6.89. The lowest BCUT2D eigenvalue weighted by atomic mass is 10.1. The predicted molar refractivity (Wildman–Crippen MR) is 104 cm³/mol. The topological polar surface area (TPSA) is 70.6 Å². The summed E-state index contributed by atoms with van der Waals surface area (Å²) in [7, 11) is 0. The maximum absolute atomic E-state index is 12.1. The fraction of sp³-hybridized carbons (Fsp3) is 0.211. The number of carbonyl (C=O) groups is 2. The van der Waals surface area contributed by atoms with Crippen LogP contribution in [0.15, 0.2) is 58.1 Å². The highest BCUT2D eigenvalue weighted by Crippen LogP contribution is 2.15. The smallest absolute Gasteiger partial charge is 0.271 e. The number of hydrogen-bond acceptors (Lipinski definition) is 3. The standard InChI is InChI=1S/C19H20BrN3O2/c1-3-14-7-4-5-10-17(14)21-18(24)11-13(2)22-23-19(25)15-8-6-9-16(20)12-15/h4-10,12H,3,11H2,1-2H3,(H,21,24)(H,23,25)/b22-13-. The number of nitrogens with zero attached hydrogens (tertiary/aromatic N) is 1. The average Bonchev–Trinajstić information content (AvgIpc) is 2.60. The fourth-order valence-corrected chi connectivity index (χ4v) is 2.66. The van der Waals surface area contributed by atoms with Gasteiger partial charge in [-0.3, -0.25) is 9.59 Å². The van der Waals surface area contributed by atoms with Gasteiger partial charge in [0.15, 0.2) is 0 Å². The number of amides is 2. The SMILES string of the molecule is CCc1ccccc1NC(=O)C/C(C)=N\NC(=O)c1cccc(Br)c1. The molecule has 0 aliphatic heterocycles. The third-order valence-corrected chi connectivity index (χ3v) is 4.02. The number of carbonyl (C=O) groups excluding carboxylic acids is 2. The molecule has 0 fully saturated rings. The van der Waals surface area contributed by atoms with Crippen molar-refractivity contribution in [3.63, 3.8) is 0 Å². The fourth-order valence-electron chi connectivity index (χ4n) is 2.26. The number of benzene rings is 2. The summed E-state index contributed by atoms with van der Waals surface area (Å²) in [6, 6.07) is 14.7. The molecule has 0 saturated carbocycles. The Labute approximate surface area is 155 Å². The molecule has 0 bridgehead atoms. The number of nitrogens with one attached hydrogen (secondary N) is 2. The number of anilines is 1. The van der Waals surface area contributed by atoms with E-state index in [0.29, 0.717) is 11.3 Å². The molecule has 0 unspecified atom stereocenters. The van der Waals surface area contributed by atoms with E-state index in [1.54, 1.807) is 25.1 Å². The van der Waals surface area contributed by atoms with E-state index < -0.39 is 0 Å². The number of aryl methyl sites for hydroxylation is 1.